The zero-order valence-corrected chi connectivity index (χ0v) is 8.25. The van der Waals surface area contributed by atoms with E-state index in [4.69, 9.17) is 15.3 Å². The van der Waals surface area contributed by atoms with Crippen LogP contribution in [0.15, 0.2) is 24.3 Å². The third-order valence-electron chi connectivity index (χ3n) is 1.91. The molecule has 0 radical (unpaired) electrons. The largest absolute Gasteiger partial charge is 0.478 e. The van der Waals surface area contributed by atoms with Gasteiger partial charge in [0.05, 0.1) is 5.56 Å². The van der Waals surface area contributed by atoms with Crippen molar-refractivity contribution in [3.63, 3.8) is 0 Å². The van der Waals surface area contributed by atoms with Crippen LogP contribution in [0.4, 0.5) is 0 Å². The smallest absolute Gasteiger partial charge is 0.347 e. The molecule has 0 saturated carbocycles. The van der Waals surface area contributed by atoms with Crippen LogP contribution in [0.3, 0.4) is 0 Å². The molecule has 0 bridgehead atoms. The van der Waals surface area contributed by atoms with E-state index in [2.05, 4.69) is 5.32 Å². The molecule has 0 fully saturated rings. The Balaban J connectivity index is 2.64. The first-order valence-electron chi connectivity index (χ1n) is 4.47. The van der Waals surface area contributed by atoms with Crippen LogP contribution in [-0.2, 0) is 11.3 Å². The summed E-state index contributed by atoms with van der Waals surface area (Å²) in [6.07, 6.45) is -1.66. The third-order valence-corrected chi connectivity index (χ3v) is 1.91. The van der Waals surface area contributed by atoms with Gasteiger partial charge >= 0.3 is 11.9 Å². The fourth-order valence-electron chi connectivity index (χ4n) is 1.12. The first-order chi connectivity index (χ1) is 7.50. The zero-order chi connectivity index (χ0) is 12.1. The van der Waals surface area contributed by atoms with E-state index in [-0.39, 0.29) is 12.1 Å². The van der Waals surface area contributed by atoms with Gasteiger partial charge in [0.1, 0.15) is 0 Å². The van der Waals surface area contributed by atoms with E-state index in [9.17, 15) is 9.59 Å². The highest BCUT2D eigenvalue weighted by molar-refractivity contribution is 5.87. The van der Waals surface area contributed by atoms with Gasteiger partial charge in [-0.1, -0.05) is 12.1 Å². The highest BCUT2D eigenvalue weighted by Crippen LogP contribution is 2.05. The summed E-state index contributed by atoms with van der Waals surface area (Å²) < 4.78 is 0. The van der Waals surface area contributed by atoms with Crippen molar-refractivity contribution in [1.82, 2.24) is 5.32 Å². The van der Waals surface area contributed by atoms with Crippen molar-refractivity contribution in [2.24, 2.45) is 0 Å². The molecule has 1 atom stereocenters. The Bertz CT molecular complexity index is 404. The normalized spacial score (nSPS) is 12.1. The van der Waals surface area contributed by atoms with Gasteiger partial charge in [0.15, 0.2) is 0 Å². The Labute approximate surface area is 91.1 Å². The van der Waals surface area contributed by atoms with Gasteiger partial charge in [-0.05, 0) is 17.7 Å². The summed E-state index contributed by atoms with van der Waals surface area (Å²) in [6, 6.07) is 6.02. The SMILES string of the molecule is O=C(O)c1cccc(CN[C@@H](O)C(=O)O)c1. The molecule has 0 aliphatic carbocycles. The fraction of sp³-hybridized carbons (Fsp3) is 0.200. The van der Waals surface area contributed by atoms with Crippen molar-refractivity contribution < 1.29 is 24.9 Å². The number of nitrogens with one attached hydrogen (secondary N) is 1. The third kappa shape index (κ3) is 3.34. The fourth-order valence-corrected chi connectivity index (χ4v) is 1.12. The summed E-state index contributed by atoms with van der Waals surface area (Å²) in [6.45, 7) is 0.0780. The second-order valence-corrected chi connectivity index (χ2v) is 3.13. The molecule has 0 saturated heterocycles. The van der Waals surface area contributed by atoms with E-state index in [1.54, 1.807) is 12.1 Å². The highest BCUT2D eigenvalue weighted by atomic mass is 16.4. The molecule has 6 heteroatoms. The predicted molar refractivity (Wildman–Crippen MR) is 53.9 cm³/mol. The average molecular weight is 225 g/mol. The van der Waals surface area contributed by atoms with Crippen LogP contribution in [0.1, 0.15) is 15.9 Å². The molecule has 0 spiro atoms. The number of aliphatic carboxylic acids is 1. The summed E-state index contributed by atoms with van der Waals surface area (Å²) in [5.41, 5.74) is 0.698. The Morgan fingerprint density at radius 3 is 2.56 bits per heavy atom. The average Bonchev–Trinajstić information content (AvgIpc) is 2.26. The van der Waals surface area contributed by atoms with Gasteiger partial charge in [-0.25, -0.2) is 9.59 Å². The highest BCUT2D eigenvalue weighted by Gasteiger charge is 2.11. The molecule has 1 aromatic carbocycles. The Kier molecular flexibility index (Phi) is 3.98. The van der Waals surface area contributed by atoms with E-state index in [0.717, 1.165) is 0 Å². The van der Waals surface area contributed by atoms with Crippen molar-refractivity contribution in [2.45, 2.75) is 12.8 Å². The lowest BCUT2D eigenvalue weighted by atomic mass is 10.1. The lowest BCUT2D eigenvalue weighted by Gasteiger charge is -2.08. The number of carbonyl (C=O) groups is 2. The summed E-state index contributed by atoms with van der Waals surface area (Å²) in [7, 11) is 0. The van der Waals surface area contributed by atoms with Crippen molar-refractivity contribution >= 4 is 11.9 Å². The zero-order valence-electron chi connectivity index (χ0n) is 8.25. The molecule has 6 nitrogen and oxygen atoms in total. The van der Waals surface area contributed by atoms with Crippen LogP contribution >= 0.6 is 0 Å². The van der Waals surface area contributed by atoms with Crippen molar-refractivity contribution in [3.8, 4) is 0 Å². The van der Waals surface area contributed by atoms with Crippen molar-refractivity contribution in [3.05, 3.63) is 35.4 Å². The molecule has 16 heavy (non-hydrogen) atoms. The monoisotopic (exact) mass is 225 g/mol. The molecule has 4 N–H and O–H groups in total. The minimum Gasteiger partial charge on any atom is -0.478 e. The van der Waals surface area contributed by atoms with Gasteiger partial charge in [-0.3, -0.25) is 5.32 Å². The Hall–Kier alpha value is -1.92. The molecule has 0 aromatic heterocycles. The van der Waals surface area contributed by atoms with Gasteiger partial charge in [-0.15, -0.1) is 0 Å². The summed E-state index contributed by atoms with van der Waals surface area (Å²) in [4.78, 5) is 20.9. The van der Waals surface area contributed by atoms with Gasteiger partial charge in [0, 0.05) is 6.54 Å². The number of hydrogen-bond donors (Lipinski definition) is 4. The minimum absolute atomic E-state index is 0.0780. The van der Waals surface area contributed by atoms with Crippen LogP contribution < -0.4 is 5.32 Å². The lowest BCUT2D eigenvalue weighted by molar-refractivity contribution is -0.148. The standard InChI is InChI=1S/C10H11NO5/c12-8(10(15)16)11-5-6-2-1-3-7(4-6)9(13)14/h1-4,8,11-12H,5H2,(H,13,14)(H,15,16)/t8-/m0/s1. The van der Waals surface area contributed by atoms with Gasteiger partial charge in [0.2, 0.25) is 6.23 Å². The molecule has 0 unspecified atom stereocenters. The van der Waals surface area contributed by atoms with Gasteiger partial charge in [-0.2, -0.15) is 0 Å². The maximum absolute atomic E-state index is 10.6. The summed E-state index contributed by atoms with van der Waals surface area (Å²) in [5.74, 6) is -2.44. The lowest BCUT2D eigenvalue weighted by Crippen LogP contribution is -2.35. The van der Waals surface area contributed by atoms with Gasteiger partial charge in [0.25, 0.3) is 0 Å². The van der Waals surface area contributed by atoms with Gasteiger partial charge < -0.3 is 15.3 Å². The van der Waals surface area contributed by atoms with Crippen LogP contribution in [0.5, 0.6) is 0 Å². The molecular formula is C10H11NO5. The van der Waals surface area contributed by atoms with E-state index in [0.29, 0.717) is 5.56 Å². The number of aliphatic hydroxyl groups excluding tert-OH is 1. The number of carboxylic acid groups (broad SMARTS) is 2. The maximum Gasteiger partial charge on any atom is 0.347 e. The van der Waals surface area contributed by atoms with Crippen LogP contribution in [0.2, 0.25) is 0 Å². The first-order valence-corrected chi connectivity index (χ1v) is 4.47. The second-order valence-electron chi connectivity index (χ2n) is 3.13. The molecule has 86 valence electrons. The Morgan fingerprint density at radius 1 is 1.31 bits per heavy atom. The summed E-state index contributed by atoms with van der Waals surface area (Å²) >= 11 is 0. The molecule has 0 aliphatic heterocycles. The number of hydrogen-bond acceptors (Lipinski definition) is 4. The van der Waals surface area contributed by atoms with Crippen LogP contribution in [0.25, 0.3) is 0 Å². The molecule has 0 aliphatic rings. The number of aromatic carboxylic acids is 1. The summed E-state index contributed by atoms with van der Waals surface area (Å²) in [5, 5.41) is 28.4. The number of aliphatic hydroxyl groups is 1. The molecule has 0 heterocycles. The molecule has 1 aromatic rings. The Morgan fingerprint density at radius 2 is 2.00 bits per heavy atom. The van der Waals surface area contributed by atoms with Crippen molar-refractivity contribution in [2.75, 3.05) is 0 Å². The van der Waals surface area contributed by atoms with E-state index in [1.807, 2.05) is 0 Å². The van der Waals surface area contributed by atoms with Crippen molar-refractivity contribution in [1.29, 1.82) is 0 Å². The quantitative estimate of drug-likeness (QED) is 0.520. The first kappa shape index (κ1) is 12.2. The molecule has 1 rings (SSSR count). The van der Waals surface area contributed by atoms with Crippen LogP contribution in [0, 0.1) is 0 Å². The van der Waals surface area contributed by atoms with Crippen LogP contribution in [-0.4, -0.2) is 33.5 Å². The predicted octanol–water partition coefficient (Wildman–Crippen LogP) is -0.123. The van der Waals surface area contributed by atoms with E-state index < -0.39 is 18.2 Å². The second kappa shape index (κ2) is 5.24. The topological polar surface area (TPSA) is 107 Å². The maximum atomic E-state index is 10.6. The number of rotatable bonds is 5. The van der Waals surface area contributed by atoms with E-state index in [1.165, 1.54) is 12.1 Å². The number of carboxylic acids is 2. The molecular weight excluding hydrogens is 214 g/mol. The minimum atomic E-state index is -1.66. The number of benzene rings is 1. The van der Waals surface area contributed by atoms with E-state index >= 15 is 0 Å². The molecule has 0 amide bonds.